The lowest BCUT2D eigenvalue weighted by molar-refractivity contribution is -0.141. The molecule has 2 unspecified atom stereocenters. The van der Waals surface area contributed by atoms with Gasteiger partial charge in [0.15, 0.2) is 0 Å². The Bertz CT molecular complexity index is 521. The van der Waals surface area contributed by atoms with E-state index in [0.717, 1.165) is 24.9 Å². The molecule has 1 aliphatic rings. The smallest absolute Gasteiger partial charge is 0.308 e. The van der Waals surface area contributed by atoms with Gasteiger partial charge in [0, 0.05) is 17.6 Å². The lowest BCUT2D eigenvalue weighted by Crippen LogP contribution is -2.23. The standard InChI is InChI=1S/C16H22N2O4.ClH/c1-21-15(19)8-9-22-14-6-4-13(5-7-14)18-16(20)11-2-3-12(17)10-11;/h4-7,11-12H,2-3,8-10,17H2,1H3,(H,18,20);1H. The number of anilines is 1. The van der Waals surface area contributed by atoms with Gasteiger partial charge in [0.1, 0.15) is 5.75 Å². The zero-order valence-corrected chi connectivity index (χ0v) is 13.9. The van der Waals surface area contributed by atoms with Crippen LogP contribution in [0.3, 0.4) is 0 Å². The van der Waals surface area contributed by atoms with Crippen LogP contribution in [-0.2, 0) is 14.3 Å². The quantitative estimate of drug-likeness (QED) is 0.773. The van der Waals surface area contributed by atoms with Gasteiger partial charge in [0.25, 0.3) is 0 Å². The van der Waals surface area contributed by atoms with Crippen LogP contribution in [0.1, 0.15) is 25.7 Å². The monoisotopic (exact) mass is 342 g/mol. The molecule has 0 spiro atoms. The van der Waals surface area contributed by atoms with E-state index in [2.05, 4.69) is 10.1 Å². The first-order valence-corrected chi connectivity index (χ1v) is 7.44. The second kappa shape index (κ2) is 9.37. The molecular formula is C16H23ClN2O4. The van der Waals surface area contributed by atoms with Crippen LogP contribution in [0.15, 0.2) is 24.3 Å². The average molecular weight is 343 g/mol. The second-order valence-corrected chi connectivity index (χ2v) is 5.46. The first kappa shape index (κ1) is 19.3. The molecule has 7 heteroatoms. The highest BCUT2D eigenvalue weighted by molar-refractivity contribution is 5.92. The minimum atomic E-state index is -0.307. The molecule has 0 aromatic heterocycles. The number of carbonyl (C=O) groups is 2. The summed E-state index contributed by atoms with van der Waals surface area (Å²) in [4.78, 5) is 23.0. The summed E-state index contributed by atoms with van der Waals surface area (Å²) >= 11 is 0. The number of ether oxygens (including phenoxy) is 2. The fourth-order valence-corrected chi connectivity index (χ4v) is 2.49. The van der Waals surface area contributed by atoms with Crippen LogP contribution in [0.5, 0.6) is 5.75 Å². The molecule has 1 fully saturated rings. The van der Waals surface area contributed by atoms with Gasteiger partial charge in [-0.1, -0.05) is 0 Å². The Balaban J connectivity index is 0.00000264. The van der Waals surface area contributed by atoms with E-state index in [0.29, 0.717) is 5.75 Å². The fraction of sp³-hybridized carbons (Fsp3) is 0.500. The predicted molar refractivity (Wildman–Crippen MR) is 89.8 cm³/mol. The van der Waals surface area contributed by atoms with Crippen LogP contribution in [0, 0.1) is 5.92 Å². The highest BCUT2D eigenvalue weighted by Crippen LogP contribution is 2.26. The van der Waals surface area contributed by atoms with Crippen LogP contribution >= 0.6 is 12.4 Å². The number of rotatable bonds is 6. The third kappa shape index (κ3) is 6.08. The number of esters is 1. The minimum absolute atomic E-state index is 0. The van der Waals surface area contributed by atoms with Crippen molar-refractivity contribution in [2.24, 2.45) is 11.7 Å². The zero-order valence-electron chi connectivity index (χ0n) is 13.1. The van der Waals surface area contributed by atoms with E-state index in [1.165, 1.54) is 7.11 Å². The third-order valence-electron chi connectivity index (χ3n) is 3.77. The summed E-state index contributed by atoms with van der Waals surface area (Å²) in [5.74, 6) is 0.363. The first-order valence-electron chi connectivity index (χ1n) is 7.44. The molecule has 128 valence electrons. The summed E-state index contributed by atoms with van der Waals surface area (Å²) in [6.45, 7) is 0.262. The predicted octanol–water partition coefficient (Wildman–Crippen LogP) is 2.12. The number of nitrogens with two attached hydrogens (primary N) is 1. The summed E-state index contributed by atoms with van der Waals surface area (Å²) in [6.07, 6.45) is 2.71. The van der Waals surface area contributed by atoms with Gasteiger partial charge in [-0.05, 0) is 43.5 Å². The van der Waals surface area contributed by atoms with Gasteiger partial charge in [0.05, 0.1) is 20.1 Å². The summed E-state index contributed by atoms with van der Waals surface area (Å²) < 4.78 is 9.95. The SMILES string of the molecule is COC(=O)CCOc1ccc(NC(=O)C2CCC(N)C2)cc1.Cl. The van der Waals surface area contributed by atoms with E-state index in [-0.39, 0.29) is 49.3 Å². The van der Waals surface area contributed by atoms with Gasteiger partial charge in [-0.25, -0.2) is 0 Å². The van der Waals surface area contributed by atoms with Crippen molar-refractivity contribution in [1.82, 2.24) is 0 Å². The van der Waals surface area contributed by atoms with Gasteiger partial charge in [-0.3, -0.25) is 9.59 Å². The number of amides is 1. The largest absolute Gasteiger partial charge is 0.493 e. The van der Waals surface area contributed by atoms with Crippen molar-refractivity contribution >= 4 is 30.0 Å². The van der Waals surface area contributed by atoms with E-state index in [1.54, 1.807) is 24.3 Å². The van der Waals surface area contributed by atoms with E-state index in [1.807, 2.05) is 0 Å². The van der Waals surface area contributed by atoms with Crippen molar-refractivity contribution in [3.05, 3.63) is 24.3 Å². The summed E-state index contributed by atoms with van der Waals surface area (Å²) in [6, 6.07) is 7.21. The Morgan fingerprint density at radius 2 is 1.96 bits per heavy atom. The molecule has 0 bridgehead atoms. The number of nitrogens with one attached hydrogen (secondary N) is 1. The lowest BCUT2D eigenvalue weighted by atomic mass is 10.1. The average Bonchev–Trinajstić information content (AvgIpc) is 2.95. The Labute approximate surface area is 142 Å². The van der Waals surface area contributed by atoms with Crippen LogP contribution in [0.2, 0.25) is 0 Å². The minimum Gasteiger partial charge on any atom is -0.493 e. The molecule has 1 aliphatic carbocycles. The Morgan fingerprint density at radius 3 is 2.52 bits per heavy atom. The number of carbonyl (C=O) groups excluding carboxylic acids is 2. The molecule has 2 atom stereocenters. The number of halogens is 1. The molecule has 1 aromatic rings. The number of methoxy groups -OCH3 is 1. The normalized spacial score (nSPS) is 19.6. The molecule has 3 N–H and O–H groups in total. The topological polar surface area (TPSA) is 90.6 Å². The highest BCUT2D eigenvalue weighted by Gasteiger charge is 2.27. The highest BCUT2D eigenvalue weighted by atomic mass is 35.5. The Morgan fingerprint density at radius 1 is 1.26 bits per heavy atom. The molecule has 0 aliphatic heterocycles. The number of hydrogen-bond donors (Lipinski definition) is 2. The van der Waals surface area contributed by atoms with E-state index in [9.17, 15) is 9.59 Å². The first-order chi connectivity index (χ1) is 10.6. The van der Waals surface area contributed by atoms with E-state index in [4.69, 9.17) is 10.5 Å². The molecule has 1 saturated carbocycles. The summed E-state index contributed by atoms with van der Waals surface area (Å²) in [5, 5.41) is 2.89. The summed E-state index contributed by atoms with van der Waals surface area (Å²) in [5.41, 5.74) is 6.55. The number of benzene rings is 1. The van der Waals surface area contributed by atoms with Crippen LogP contribution in [0.4, 0.5) is 5.69 Å². The molecule has 6 nitrogen and oxygen atoms in total. The summed E-state index contributed by atoms with van der Waals surface area (Å²) in [7, 11) is 1.34. The maximum atomic E-state index is 12.1. The van der Waals surface area contributed by atoms with Gasteiger partial charge < -0.3 is 20.5 Å². The number of hydrogen-bond acceptors (Lipinski definition) is 5. The van der Waals surface area contributed by atoms with Gasteiger partial charge in [0.2, 0.25) is 5.91 Å². The van der Waals surface area contributed by atoms with Gasteiger partial charge in [-0.2, -0.15) is 0 Å². The maximum absolute atomic E-state index is 12.1. The second-order valence-electron chi connectivity index (χ2n) is 5.46. The van der Waals surface area contributed by atoms with Crippen LogP contribution in [0.25, 0.3) is 0 Å². The Kier molecular flexibility index (Phi) is 7.85. The molecule has 1 aromatic carbocycles. The van der Waals surface area contributed by atoms with Crippen molar-refractivity contribution in [3.63, 3.8) is 0 Å². The van der Waals surface area contributed by atoms with Gasteiger partial charge >= 0.3 is 5.97 Å². The molecule has 23 heavy (non-hydrogen) atoms. The van der Waals surface area contributed by atoms with Crippen molar-refractivity contribution in [1.29, 1.82) is 0 Å². The van der Waals surface area contributed by atoms with E-state index >= 15 is 0 Å². The van der Waals surface area contributed by atoms with E-state index < -0.39 is 0 Å². The van der Waals surface area contributed by atoms with Crippen molar-refractivity contribution < 1.29 is 19.1 Å². The Hall–Kier alpha value is -1.79. The fourth-order valence-electron chi connectivity index (χ4n) is 2.49. The van der Waals surface area contributed by atoms with Crippen LogP contribution in [-0.4, -0.2) is 31.6 Å². The van der Waals surface area contributed by atoms with Crippen molar-refractivity contribution in [2.45, 2.75) is 31.7 Å². The maximum Gasteiger partial charge on any atom is 0.308 e. The molecular weight excluding hydrogens is 320 g/mol. The molecule has 0 heterocycles. The van der Waals surface area contributed by atoms with Gasteiger partial charge in [-0.15, -0.1) is 12.4 Å². The molecule has 2 rings (SSSR count). The molecule has 1 amide bonds. The molecule has 0 radical (unpaired) electrons. The van der Waals surface area contributed by atoms with Crippen LogP contribution < -0.4 is 15.8 Å². The lowest BCUT2D eigenvalue weighted by Gasteiger charge is -2.11. The third-order valence-corrected chi connectivity index (χ3v) is 3.77. The zero-order chi connectivity index (χ0) is 15.9. The van der Waals surface area contributed by atoms with Crippen molar-refractivity contribution in [3.8, 4) is 5.75 Å². The van der Waals surface area contributed by atoms with Crippen molar-refractivity contribution in [2.75, 3.05) is 19.0 Å². The molecule has 0 saturated heterocycles.